The number of rotatable bonds is 6. The van der Waals surface area contributed by atoms with Gasteiger partial charge in [0.05, 0.1) is 19.8 Å². The van der Waals surface area contributed by atoms with E-state index < -0.39 is 0 Å². The molecule has 0 aliphatic carbocycles. The van der Waals surface area contributed by atoms with Crippen LogP contribution in [-0.2, 0) is 16.1 Å². The van der Waals surface area contributed by atoms with Gasteiger partial charge in [-0.1, -0.05) is 30.9 Å². The Morgan fingerprint density at radius 2 is 2.21 bits per heavy atom. The molecule has 1 rings (SSSR count). The maximum atomic E-state index is 5.40. The minimum absolute atomic E-state index is 0.630. The molecule has 1 aromatic carbocycles. The van der Waals surface area contributed by atoms with Gasteiger partial charge in [0.2, 0.25) is 0 Å². The summed E-state index contributed by atoms with van der Waals surface area (Å²) in [5, 5.41) is 0. The first-order chi connectivity index (χ1) is 6.86. The topological polar surface area (TPSA) is 18.5 Å². The molecule has 1 aromatic rings. The monoisotopic (exact) mass is 192 g/mol. The third-order valence-electron chi connectivity index (χ3n) is 1.89. The van der Waals surface area contributed by atoms with E-state index in [1.807, 2.05) is 24.3 Å². The van der Waals surface area contributed by atoms with Gasteiger partial charge < -0.3 is 9.47 Å². The molecule has 76 valence electrons. The van der Waals surface area contributed by atoms with E-state index in [1.165, 1.54) is 5.56 Å². The molecule has 0 unspecified atom stereocenters. The number of benzene rings is 1. The van der Waals surface area contributed by atoms with E-state index in [0.29, 0.717) is 19.8 Å². The lowest BCUT2D eigenvalue weighted by molar-refractivity contribution is 0.0616. The van der Waals surface area contributed by atoms with Crippen LogP contribution in [0.25, 0.3) is 6.08 Å². The first-order valence-corrected chi connectivity index (χ1v) is 4.65. The lowest BCUT2D eigenvalue weighted by Crippen LogP contribution is -2.01. The van der Waals surface area contributed by atoms with Crippen LogP contribution in [0, 0.1) is 0 Å². The van der Waals surface area contributed by atoms with Gasteiger partial charge in [0.25, 0.3) is 0 Å². The smallest absolute Gasteiger partial charge is 0.0718 e. The Labute approximate surface area is 85.2 Å². The SMILES string of the molecule is C=Cc1cccc(COCCOC)c1. The van der Waals surface area contributed by atoms with Crippen molar-refractivity contribution < 1.29 is 9.47 Å². The molecule has 0 spiro atoms. The highest BCUT2D eigenvalue weighted by molar-refractivity contribution is 5.47. The summed E-state index contributed by atoms with van der Waals surface area (Å²) >= 11 is 0. The van der Waals surface area contributed by atoms with Gasteiger partial charge in [0.15, 0.2) is 0 Å². The summed E-state index contributed by atoms with van der Waals surface area (Å²) in [6, 6.07) is 8.14. The van der Waals surface area contributed by atoms with Crippen molar-refractivity contribution in [1.82, 2.24) is 0 Å². The molecular weight excluding hydrogens is 176 g/mol. The average Bonchev–Trinajstić information content (AvgIpc) is 2.25. The van der Waals surface area contributed by atoms with Crippen molar-refractivity contribution in [3.05, 3.63) is 42.0 Å². The Morgan fingerprint density at radius 3 is 2.93 bits per heavy atom. The van der Waals surface area contributed by atoms with E-state index in [4.69, 9.17) is 9.47 Å². The fourth-order valence-electron chi connectivity index (χ4n) is 1.14. The van der Waals surface area contributed by atoms with Crippen LogP contribution in [0.1, 0.15) is 11.1 Å². The zero-order valence-corrected chi connectivity index (χ0v) is 8.53. The first-order valence-electron chi connectivity index (χ1n) is 4.65. The lowest BCUT2D eigenvalue weighted by Gasteiger charge is -2.04. The number of hydrogen-bond acceptors (Lipinski definition) is 2. The highest BCUT2D eigenvalue weighted by Gasteiger charge is 1.93. The maximum absolute atomic E-state index is 5.40. The molecule has 2 nitrogen and oxygen atoms in total. The van der Waals surface area contributed by atoms with Crippen molar-refractivity contribution in [1.29, 1.82) is 0 Å². The summed E-state index contributed by atoms with van der Waals surface area (Å²) < 4.78 is 10.3. The minimum Gasteiger partial charge on any atom is -0.382 e. The summed E-state index contributed by atoms with van der Waals surface area (Å²) in [6.45, 7) is 5.62. The molecule has 0 saturated heterocycles. The molecule has 0 bridgehead atoms. The van der Waals surface area contributed by atoms with Crippen LogP contribution in [0.4, 0.5) is 0 Å². The molecule has 0 aliphatic heterocycles. The molecule has 0 heterocycles. The van der Waals surface area contributed by atoms with E-state index in [1.54, 1.807) is 7.11 Å². The molecule has 0 saturated carbocycles. The van der Waals surface area contributed by atoms with Crippen LogP contribution in [0.3, 0.4) is 0 Å². The van der Waals surface area contributed by atoms with Crippen LogP contribution < -0.4 is 0 Å². The molecule has 0 amide bonds. The molecule has 0 aromatic heterocycles. The Kier molecular flexibility index (Phi) is 4.97. The Hall–Kier alpha value is -1.12. The molecular formula is C12H16O2. The molecule has 14 heavy (non-hydrogen) atoms. The van der Waals surface area contributed by atoms with Crippen molar-refractivity contribution >= 4 is 6.08 Å². The van der Waals surface area contributed by atoms with Crippen molar-refractivity contribution in [2.75, 3.05) is 20.3 Å². The normalized spacial score (nSPS) is 10.1. The van der Waals surface area contributed by atoms with E-state index in [0.717, 1.165) is 5.56 Å². The van der Waals surface area contributed by atoms with Crippen LogP contribution >= 0.6 is 0 Å². The van der Waals surface area contributed by atoms with E-state index in [-0.39, 0.29) is 0 Å². The van der Waals surface area contributed by atoms with Crippen LogP contribution in [0.2, 0.25) is 0 Å². The summed E-state index contributed by atoms with van der Waals surface area (Å²) in [7, 11) is 1.67. The van der Waals surface area contributed by atoms with Crippen molar-refractivity contribution in [3.63, 3.8) is 0 Å². The zero-order chi connectivity index (χ0) is 10.2. The van der Waals surface area contributed by atoms with Gasteiger partial charge in [-0.15, -0.1) is 0 Å². The number of ether oxygens (including phenoxy) is 2. The predicted octanol–water partition coefficient (Wildman–Crippen LogP) is 2.49. The highest BCUT2D eigenvalue weighted by Crippen LogP contribution is 2.07. The second-order valence-corrected chi connectivity index (χ2v) is 2.99. The first kappa shape index (κ1) is 11.0. The van der Waals surface area contributed by atoms with Crippen molar-refractivity contribution in [2.24, 2.45) is 0 Å². The fraction of sp³-hybridized carbons (Fsp3) is 0.333. The Morgan fingerprint density at radius 1 is 1.36 bits per heavy atom. The predicted molar refractivity (Wildman–Crippen MR) is 58.1 cm³/mol. The standard InChI is InChI=1S/C12H16O2/c1-3-11-5-4-6-12(9-11)10-14-8-7-13-2/h3-6,9H,1,7-8,10H2,2H3. The van der Waals surface area contributed by atoms with Crippen LogP contribution in [-0.4, -0.2) is 20.3 Å². The largest absolute Gasteiger partial charge is 0.382 e. The van der Waals surface area contributed by atoms with Gasteiger partial charge in [-0.2, -0.15) is 0 Å². The molecule has 2 heteroatoms. The Bertz CT molecular complexity index is 281. The second kappa shape index (κ2) is 6.35. The average molecular weight is 192 g/mol. The van der Waals surface area contributed by atoms with Crippen molar-refractivity contribution in [2.45, 2.75) is 6.61 Å². The molecule has 0 N–H and O–H groups in total. The summed E-state index contributed by atoms with van der Waals surface area (Å²) in [5.74, 6) is 0. The third-order valence-corrected chi connectivity index (χ3v) is 1.89. The summed E-state index contributed by atoms with van der Waals surface area (Å²) in [6.07, 6.45) is 1.83. The second-order valence-electron chi connectivity index (χ2n) is 2.99. The van der Waals surface area contributed by atoms with Gasteiger partial charge in [0.1, 0.15) is 0 Å². The van der Waals surface area contributed by atoms with E-state index >= 15 is 0 Å². The molecule has 0 fully saturated rings. The summed E-state index contributed by atoms with van der Waals surface area (Å²) in [5.41, 5.74) is 2.29. The maximum Gasteiger partial charge on any atom is 0.0718 e. The number of methoxy groups -OCH3 is 1. The highest BCUT2D eigenvalue weighted by atomic mass is 16.5. The van der Waals surface area contributed by atoms with Gasteiger partial charge in [-0.05, 0) is 17.2 Å². The quantitative estimate of drug-likeness (QED) is 0.645. The van der Waals surface area contributed by atoms with Gasteiger partial charge in [-0.25, -0.2) is 0 Å². The van der Waals surface area contributed by atoms with Gasteiger partial charge in [0, 0.05) is 7.11 Å². The van der Waals surface area contributed by atoms with Crippen LogP contribution in [0.15, 0.2) is 30.8 Å². The molecule has 0 atom stereocenters. The van der Waals surface area contributed by atoms with Gasteiger partial charge in [-0.3, -0.25) is 0 Å². The zero-order valence-electron chi connectivity index (χ0n) is 8.53. The lowest BCUT2D eigenvalue weighted by atomic mass is 10.1. The molecule has 0 aliphatic rings. The summed E-state index contributed by atoms with van der Waals surface area (Å²) in [4.78, 5) is 0. The fourth-order valence-corrected chi connectivity index (χ4v) is 1.14. The minimum atomic E-state index is 0.630. The van der Waals surface area contributed by atoms with Crippen molar-refractivity contribution in [3.8, 4) is 0 Å². The van der Waals surface area contributed by atoms with Gasteiger partial charge >= 0.3 is 0 Å². The van der Waals surface area contributed by atoms with E-state index in [9.17, 15) is 0 Å². The number of hydrogen-bond donors (Lipinski definition) is 0. The Balaban J connectivity index is 2.38. The van der Waals surface area contributed by atoms with Crippen LogP contribution in [0.5, 0.6) is 0 Å². The molecule has 0 radical (unpaired) electrons. The third kappa shape index (κ3) is 3.73. The van der Waals surface area contributed by atoms with E-state index in [2.05, 4.69) is 12.6 Å².